The minimum Gasteiger partial charge on any atom is -0.360 e. The fourth-order valence-corrected chi connectivity index (χ4v) is 6.92. The third-order valence-electron chi connectivity index (χ3n) is 5.54. The summed E-state index contributed by atoms with van der Waals surface area (Å²) in [4.78, 5) is 24.6. The molecule has 0 bridgehead atoms. The molecule has 0 spiro atoms. The van der Waals surface area contributed by atoms with Gasteiger partial charge in [-0.25, -0.2) is 27.9 Å². The van der Waals surface area contributed by atoms with Gasteiger partial charge in [0.2, 0.25) is 10.0 Å². The van der Waals surface area contributed by atoms with E-state index in [2.05, 4.69) is 40.9 Å². The topological polar surface area (TPSA) is 153 Å². The average Bonchev–Trinajstić information content (AvgIpc) is 3.59. The van der Waals surface area contributed by atoms with Crippen LogP contribution in [0.2, 0.25) is 0 Å². The van der Waals surface area contributed by atoms with Crippen molar-refractivity contribution in [2.45, 2.75) is 57.6 Å². The van der Waals surface area contributed by atoms with E-state index in [9.17, 15) is 13.2 Å². The van der Waals surface area contributed by atoms with Crippen molar-refractivity contribution >= 4 is 56.1 Å². The summed E-state index contributed by atoms with van der Waals surface area (Å²) in [6.07, 6.45) is 4.78. The predicted molar refractivity (Wildman–Crippen MR) is 172 cm³/mol. The first-order chi connectivity index (χ1) is 19.8. The lowest BCUT2D eigenvalue weighted by Crippen LogP contribution is -2.40. The molecule has 0 radical (unpaired) electrons. The zero-order chi connectivity index (χ0) is 30.5. The van der Waals surface area contributed by atoms with E-state index in [1.165, 1.54) is 23.7 Å². The lowest BCUT2D eigenvalue weighted by Gasteiger charge is -2.22. The Morgan fingerprint density at radius 3 is 2.40 bits per heavy atom. The van der Waals surface area contributed by atoms with Crippen molar-refractivity contribution < 1.29 is 13.2 Å². The number of aromatic nitrogens is 3. The van der Waals surface area contributed by atoms with Gasteiger partial charge in [-0.1, -0.05) is 6.07 Å². The predicted octanol–water partition coefficient (Wildman–Crippen LogP) is 5.29. The van der Waals surface area contributed by atoms with Crippen molar-refractivity contribution in [2.24, 2.45) is 0 Å². The average molecular weight is 627 g/mol. The Hall–Kier alpha value is -3.85. The molecule has 0 fully saturated rings. The number of hydrogen-bond acceptors (Lipinski definition) is 7. The second kappa shape index (κ2) is 13.0. The Labute approximate surface area is 255 Å². The molecule has 0 aliphatic heterocycles. The second-order valence-electron chi connectivity index (χ2n) is 10.8. The number of hydrogen-bond donors (Lipinski definition) is 6. The van der Waals surface area contributed by atoms with Gasteiger partial charge in [-0.15, -0.1) is 11.3 Å². The first-order valence-electron chi connectivity index (χ1n) is 13.1. The highest BCUT2D eigenvalue weighted by atomic mass is 32.2. The third-order valence-corrected chi connectivity index (χ3v) is 8.64. The molecule has 0 saturated carbocycles. The number of rotatable bonds is 9. The fourth-order valence-electron chi connectivity index (χ4n) is 3.87. The molecular weight excluding hydrogens is 593 g/mol. The van der Waals surface area contributed by atoms with Gasteiger partial charge in [0.15, 0.2) is 5.11 Å². The highest BCUT2D eigenvalue weighted by Gasteiger charge is 2.26. The number of thiazole rings is 1. The molecule has 0 aliphatic carbocycles. The number of urea groups is 1. The van der Waals surface area contributed by atoms with Crippen LogP contribution in [-0.2, 0) is 16.6 Å². The van der Waals surface area contributed by atoms with Crippen LogP contribution >= 0.6 is 23.6 Å². The largest absolute Gasteiger partial charge is 0.360 e. The van der Waals surface area contributed by atoms with E-state index in [0.717, 1.165) is 22.0 Å². The number of benzene rings is 2. The van der Waals surface area contributed by atoms with Gasteiger partial charge < -0.3 is 26.3 Å². The van der Waals surface area contributed by atoms with Crippen LogP contribution in [-0.4, -0.2) is 46.1 Å². The minimum absolute atomic E-state index is 0.0321. The molecule has 0 atom stereocenters. The maximum Gasteiger partial charge on any atom is 0.319 e. The molecule has 2 aromatic carbocycles. The maximum absolute atomic E-state index is 13.5. The van der Waals surface area contributed by atoms with E-state index in [1.807, 2.05) is 38.1 Å². The highest BCUT2D eigenvalue weighted by molar-refractivity contribution is 7.89. The molecule has 42 heavy (non-hydrogen) atoms. The summed E-state index contributed by atoms with van der Waals surface area (Å²) in [5.41, 5.74) is 2.53. The molecule has 2 aromatic heterocycles. The van der Waals surface area contributed by atoms with Crippen LogP contribution in [0, 0.1) is 0 Å². The van der Waals surface area contributed by atoms with Crippen molar-refractivity contribution in [1.29, 1.82) is 0 Å². The van der Waals surface area contributed by atoms with Crippen LogP contribution in [0.5, 0.6) is 0 Å². The van der Waals surface area contributed by atoms with Gasteiger partial charge >= 0.3 is 6.03 Å². The van der Waals surface area contributed by atoms with Gasteiger partial charge in [0.1, 0.15) is 5.01 Å². The first-order valence-corrected chi connectivity index (χ1v) is 15.8. The lowest BCUT2D eigenvalue weighted by atomic mass is 10.1. The van der Waals surface area contributed by atoms with Crippen LogP contribution in [0.1, 0.15) is 40.3 Å². The van der Waals surface area contributed by atoms with Crippen molar-refractivity contribution in [3.8, 4) is 21.0 Å². The summed E-state index contributed by atoms with van der Waals surface area (Å²) in [5, 5.41) is 13.0. The molecule has 4 rings (SSSR count). The molecule has 2 heterocycles. The van der Waals surface area contributed by atoms with Gasteiger partial charge in [0, 0.05) is 46.5 Å². The SMILES string of the molecule is CC(C)NC(=S)Nc1ccc(-c2ncc(-c3ccc(NC(=O)NCc4cnc[nH]4)cc3S(=O)(=O)NC(C)(C)C)s2)cc1. The molecule has 0 aliphatic rings. The number of imidazole rings is 1. The second-order valence-corrected chi connectivity index (χ2v) is 13.9. The Balaban J connectivity index is 1.59. The number of nitrogens with zero attached hydrogens (tertiary/aromatic N) is 2. The Kier molecular flexibility index (Phi) is 9.61. The molecule has 6 N–H and O–H groups in total. The normalized spacial score (nSPS) is 11.8. The van der Waals surface area contributed by atoms with Crippen molar-refractivity contribution in [1.82, 2.24) is 30.3 Å². The van der Waals surface area contributed by atoms with Crippen LogP contribution in [0.25, 0.3) is 21.0 Å². The van der Waals surface area contributed by atoms with Gasteiger partial charge in [-0.05, 0) is 83.2 Å². The van der Waals surface area contributed by atoms with Crippen LogP contribution in [0.4, 0.5) is 16.2 Å². The summed E-state index contributed by atoms with van der Waals surface area (Å²) >= 11 is 6.69. The quantitative estimate of drug-likeness (QED) is 0.137. The Morgan fingerprint density at radius 1 is 1.05 bits per heavy atom. The number of sulfonamides is 1. The number of anilines is 2. The molecule has 0 saturated heterocycles. The number of amides is 2. The van der Waals surface area contributed by atoms with Crippen molar-refractivity contribution in [3.63, 3.8) is 0 Å². The molecule has 11 nitrogen and oxygen atoms in total. The molecule has 2 amide bonds. The van der Waals surface area contributed by atoms with E-state index >= 15 is 0 Å². The molecule has 222 valence electrons. The van der Waals surface area contributed by atoms with Gasteiger partial charge in [0.05, 0.1) is 28.3 Å². The molecule has 14 heteroatoms. The van der Waals surface area contributed by atoms with Crippen LogP contribution < -0.4 is 26.0 Å². The van der Waals surface area contributed by atoms with Gasteiger partial charge in [-0.2, -0.15) is 0 Å². The molecular formula is C28H34N8O3S3. The summed E-state index contributed by atoms with van der Waals surface area (Å²) in [7, 11) is -3.97. The zero-order valence-electron chi connectivity index (χ0n) is 23.9. The van der Waals surface area contributed by atoms with Crippen molar-refractivity contribution in [2.75, 3.05) is 10.6 Å². The lowest BCUT2D eigenvalue weighted by molar-refractivity contribution is 0.251. The van der Waals surface area contributed by atoms with E-state index in [-0.39, 0.29) is 17.5 Å². The third kappa shape index (κ3) is 8.58. The number of carbonyl (C=O) groups is 1. The Bertz CT molecular complexity index is 1640. The summed E-state index contributed by atoms with van der Waals surface area (Å²) in [6, 6.07) is 12.2. The Morgan fingerprint density at radius 2 is 1.76 bits per heavy atom. The summed E-state index contributed by atoms with van der Waals surface area (Å²) < 4.78 is 29.8. The van der Waals surface area contributed by atoms with E-state index < -0.39 is 21.6 Å². The molecule has 0 unspecified atom stereocenters. The number of thiocarbonyl (C=S) groups is 1. The number of H-pyrrole nitrogens is 1. The van der Waals surface area contributed by atoms with E-state index in [1.54, 1.807) is 45.3 Å². The summed E-state index contributed by atoms with van der Waals surface area (Å²) in [5.74, 6) is 0. The smallest absolute Gasteiger partial charge is 0.319 e. The van der Waals surface area contributed by atoms with Gasteiger partial charge in [-0.3, -0.25) is 0 Å². The minimum atomic E-state index is -3.97. The standard InChI is InChI=1S/C28H34N8O3S3/c1-17(2)33-27(40)35-19-8-6-18(7-9-19)25-30-15-23(41-25)22-11-10-20(12-24(22)42(38,39)36-28(3,4)5)34-26(37)31-14-21-13-29-16-32-21/h6-13,15-17,36H,14H2,1-5H3,(H,29,32)(H2,31,34,37)(H2,33,35,40). The maximum atomic E-state index is 13.5. The monoisotopic (exact) mass is 626 g/mol. The zero-order valence-corrected chi connectivity index (χ0v) is 26.4. The first kappa shape index (κ1) is 31.1. The van der Waals surface area contributed by atoms with Crippen LogP contribution in [0.15, 0.2) is 66.1 Å². The van der Waals surface area contributed by atoms with Crippen molar-refractivity contribution in [3.05, 3.63) is 66.9 Å². The highest BCUT2D eigenvalue weighted by Crippen LogP contribution is 2.37. The van der Waals surface area contributed by atoms with E-state index in [4.69, 9.17) is 12.2 Å². The fraction of sp³-hybridized carbons (Fsp3) is 0.286. The van der Waals surface area contributed by atoms with Gasteiger partial charge in [0.25, 0.3) is 0 Å². The number of nitrogens with one attached hydrogen (secondary N) is 6. The molecule has 4 aromatic rings. The number of carbonyl (C=O) groups excluding carboxylic acids is 1. The van der Waals surface area contributed by atoms with E-state index in [0.29, 0.717) is 21.2 Å². The summed E-state index contributed by atoms with van der Waals surface area (Å²) in [6.45, 7) is 9.57. The number of aromatic amines is 1. The van der Waals surface area contributed by atoms with Crippen LogP contribution in [0.3, 0.4) is 0 Å².